The first kappa shape index (κ1) is 14.4. The van der Waals surface area contributed by atoms with Gasteiger partial charge in [-0.15, -0.1) is 0 Å². The average molecular weight is 319 g/mol. The molecule has 2 aromatic carbocycles. The monoisotopic (exact) mass is 318 g/mol. The van der Waals surface area contributed by atoms with Gasteiger partial charge in [0.15, 0.2) is 0 Å². The number of hydrogen-bond acceptors (Lipinski definition) is 1. The molecular formula is C17H16Cl2N2. The molecule has 0 saturated heterocycles. The van der Waals surface area contributed by atoms with E-state index in [1.807, 2.05) is 12.1 Å². The molecule has 0 aliphatic rings. The summed E-state index contributed by atoms with van der Waals surface area (Å²) in [5.74, 6) is 1.04. The molecule has 108 valence electrons. The highest BCUT2D eigenvalue weighted by molar-refractivity contribution is 6.34. The topological polar surface area (TPSA) is 17.8 Å². The van der Waals surface area contributed by atoms with Crippen LogP contribution >= 0.6 is 23.2 Å². The number of hydrogen-bond donors (Lipinski definition) is 0. The Morgan fingerprint density at radius 3 is 2.43 bits per heavy atom. The molecule has 3 rings (SSSR count). The zero-order chi connectivity index (χ0) is 15.0. The van der Waals surface area contributed by atoms with Gasteiger partial charge in [0.1, 0.15) is 5.82 Å². The molecule has 0 N–H and O–H groups in total. The molecular weight excluding hydrogens is 303 g/mol. The summed E-state index contributed by atoms with van der Waals surface area (Å²) in [5.41, 5.74) is 4.26. The number of nitrogens with zero attached hydrogens (tertiary/aromatic N) is 2. The van der Waals surface area contributed by atoms with Gasteiger partial charge in [0.05, 0.1) is 16.7 Å². The van der Waals surface area contributed by atoms with Gasteiger partial charge in [-0.1, -0.05) is 36.2 Å². The van der Waals surface area contributed by atoms with Crippen molar-refractivity contribution in [3.05, 3.63) is 57.8 Å². The minimum absolute atomic E-state index is 0.634. The lowest BCUT2D eigenvalue weighted by atomic mass is 10.2. The summed E-state index contributed by atoms with van der Waals surface area (Å²) >= 11 is 12.3. The van der Waals surface area contributed by atoms with Gasteiger partial charge in [-0.25, -0.2) is 4.98 Å². The summed E-state index contributed by atoms with van der Waals surface area (Å²) in [7, 11) is 0. The van der Waals surface area contributed by atoms with E-state index in [1.54, 1.807) is 6.07 Å². The fraction of sp³-hybridized carbons (Fsp3) is 0.235. The van der Waals surface area contributed by atoms with Gasteiger partial charge in [0.25, 0.3) is 0 Å². The molecule has 0 saturated carbocycles. The van der Waals surface area contributed by atoms with Crippen LogP contribution in [0.5, 0.6) is 0 Å². The number of imidazole rings is 1. The van der Waals surface area contributed by atoms with E-state index in [0.717, 1.165) is 35.4 Å². The number of fused-ring (bicyclic) bond motifs is 1. The van der Waals surface area contributed by atoms with Crippen LogP contribution in [-0.2, 0) is 6.42 Å². The predicted octanol–water partition coefficient (Wildman–Crippen LogP) is 5.59. The minimum Gasteiger partial charge on any atom is -0.296 e. The van der Waals surface area contributed by atoms with Gasteiger partial charge < -0.3 is 0 Å². The lowest BCUT2D eigenvalue weighted by Crippen LogP contribution is -2.01. The van der Waals surface area contributed by atoms with E-state index >= 15 is 0 Å². The quantitative estimate of drug-likeness (QED) is 0.615. The van der Waals surface area contributed by atoms with Crippen LogP contribution in [0.15, 0.2) is 36.4 Å². The van der Waals surface area contributed by atoms with Gasteiger partial charge in [-0.3, -0.25) is 4.57 Å². The molecule has 0 amide bonds. The standard InChI is InChI=1S/C17H16Cl2N2/c1-3-4-17-20-15-6-5-11(2)7-16(15)21(17)14-9-12(18)8-13(19)10-14/h5-10H,3-4H2,1-2H3. The van der Waals surface area contributed by atoms with Gasteiger partial charge in [0, 0.05) is 16.5 Å². The van der Waals surface area contributed by atoms with Crippen molar-refractivity contribution >= 4 is 34.2 Å². The Kier molecular flexibility index (Phi) is 3.92. The molecule has 1 heterocycles. The third kappa shape index (κ3) is 2.78. The normalized spacial score (nSPS) is 11.2. The molecule has 0 fully saturated rings. The molecule has 0 aliphatic heterocycles. The van der Waals surface area contributed by atoms with Crippen LogP contribution in [0.4, 0.5) is 0 Å². The fourth-order valence-corrected chi connectivity index (χ4v) is 3.10. The molecule has 4 heteroatoms. The van der Waals surface area contributed by atoms with Gasteiger partial charge in [-0.2, -0.15) is 0 Å². The SMILES string of the molecule is CCCc1nc2ccc(C)cc2n1-c1cc(Cl)cc(Cl)c1. The molecule has 0 unspecified atom stereocenters. The van der Waals surface area contributed by atoms with Crippen LogP contribution in [0, 0.1) is 6.92 Å². The van der Waals surface area contributed by atoms with Crippen LogP contribution in [0.1, 0.15) is 24.7 Å². The van der Waals surface area contributed by atoms with E-state index in [9.17, 15) is 0 Å². The molecule has 0 radical (unpaired) electrons. The second-order valence-electron chi connectivity index (χ2n) is 5.23. The van der Waals surface area contributed by atoms with Gasteiger partial charge in [-0.05, 0) is 49.2 Å². The van der Waals surface area contributed by atoms with Crippen LogP contribution in [0.2, 0.25) is 10.0 Å². The Labute approximate surface area is 134 Å². The molecule has 1 aromatic heterocycles. The van der Waals surface area contributed by atoms with Crippen LogP contribution in [0.25, 0.3) is 16.7 Å². The van der Waals surface area contributed by atoms with E-state index in [4.69, 9.17) is 28.2 Å². The fourth-order valence-electron chi connectivity index (χ4n) is 2.58. The molecule has 0 aliphatic carbocycles. The van der Waals surface area contributed by atoms with E-state index in [2.05, 4.69) is 36.6 Å². The van der Waals surface area contributed by atoms with Crippen molar-refractivity contribution in [2.75, 3.05) is 0 Å². The smallest absolute Gasteiger partial charge is 0.114 e. The van der Waals surface area contributed by atoms with E-state index < -0.39 is 0 Å². The first-order chi connectivity index (χ1) is 10.1. The van der Waals surface area contributed by atoms with Gasteiger partial charge in [0.2, 0.25) is 0 Å². The lowest BCUT2D eigenvalue weighted by molar-refractivity contribution is 0.818. The van der Waals surface area contributed by atoms with E-state index in [1.165, 1.54) is 5.56 Å². The molecule has 0 spiro atoms. The summed E-state index contributed by atoms with van der Waals surface area (Å²) in [6, 6.07) is 11.9. The molecule has 21 heavy (non-hydrogen) atoms. The Hall–Kier alpha value is -1.51. The average Bonchev–Trinajstić information content (AvgIpc) is 2.75. The highest BCUT2D eigenvalue weighted by Crippen LogP contribution is 2.27. The van der Waals surface area contributed by atoms with Crippen molar-refractivity contribution in [2.24, 2.45) is 0 Å². The summed E-state index contributed by atoms with van der Waals surface area (Å²) in [4.78, 5) is 4.76. The second kappa shape index (κ2) is 5.70. The Morgan fingerprint density at radius 2 is 1.76 bits per heavy atom. The Balaban J connectivity index is 2.32. The highest BCUT2D eigenvalue weighted by atomic mass is 35.5. The maximum absolute atomic E-state index is 6.16. The molecule has 0 bridgehead atoms. The van der Waals surface area contributed by atoms with Crippen LogP contribution in [0.3, 0.4) is 0 Å². The van der Waals surface area contributed by atoms with E-state index in [-0.39, 0.29) is 0 Å². The maximum atomic E-state index is 6.16. The van der Waals surface area contributed by atoms with Crippen molar-refractivity contribution in [3.63, 3.8) is 0 Å². The van der Waals surface area contributed by atoms with E-state index in [0.29, 0.717) is 10.0 Å². The number of benzene rings is 2. The third-order valence-electron chi connectivity index (χ3n) is 3.46. The second-order valence-corrected chi connectivity index (χ2v) is 6.11. The van der Waals surface area contributed by atoms with Crippen LogP contribution in [-0.4, -0.2) is 9.55 Å². The molecule has 0 atom stereocenters. The first-order valence-corrected chi connectivity index (χ1v) is 7.78. The summed E-state index contributed by atoms with van der Waals surface area (Å²) in [6.45, 7) is 4.24. The zero-order valence-electron chi connectivity index (χ0n) is 12.0. The summed E-state index contributed by atoms with van der Waals surface area (Å²) in [6.07, 6.45) is 1.95. The largest absolute Gasteiger partial charge is 0.296 e. The summed E-state index contributed by atoms with van der Waals surface area (Å²) in [5, 5.41) is 1.27. The van der Waals surface area contributed by atoms with Crippen molar-refractivity contribution in [1.29, 1.82) is 0 Å². The summed E-state index contributed by atoms with van der Waals surface area (Å²) < 4.78 is 2.16. The van der Waals surface area contributed by atoms with Crippen LogP contribution < -0.4 is 0 Å². The van der Waals surface area contributed by atoms with Gasteiger partial charge >= 0.3 is 0 Å². The Morgan fingerprint density at radius 1 is 1.05 bits per heavy atom. The molecule has 2 nitrogen and oxygen atoms in total. The zero-order valence-corrected chi connectivity index (χ0v) is 13.5. The number of rotatable bonds is 3. The number of halogens is 2. The Bertz CT molecular complexity index is 786. The van der Waals surface area contributed by atoms with Crippen molar-refractivity contribution in [3.8, 4) is 5.69 Å². The minimum atomic E-state index is 0.634. The van der Waals surface area contributed by atoms with Crippen molar-refractivity contribution in [1.82, 2.24) is 9.55 Å². The third-order valence-corrected chi connectivity index (χ3v) is 3.90. The maximum Gasteiger partial charge on any atom is 0.114 e. The number of aryl methyl sites for hydroxylation is 2. The molecule has 3 aromatic rings. The van der Waals surface area contributed by atoms with Crippen molar-refractivity contribution < 1.29 is 0 Å². The first-order valence-electron chi connectivity index (χ1n) is 7.03. The highest BCUT2D eigenvalue weighted by Gasteiger charge is 2.13. The van der Waals surface area contributed by atoms with Crippen molar-refractivity contribution in [2.45, 2.75) is 26.7 Å². The number of aromatic nitrogens is 2. The predicted molar refractivity (Wildman–Crippen MR) is 89.8 cm³/mol. The lowest BCUT2D eigenvalue weighted by Gasteiger charge is -2.10.